The van der Waals surface area contributed by atoms with E-state index in [0.717, 1.165) is 44.8 Å². The summed E-state index contributed by atoms with van der Waals surface area (Å²) in [5.41, 5.74) is -1.19. The van der Waals surface area contributed by atoms with Crippen molar-refractivity contribution in [3.63, 3.8) is 0 Å². The van der Waals surface area contributed by atoms with Crippen molar-refractivity contribution >= 4 is 17.5 Å². The third kappa shape index (κ3) is 5.62. The molecule has 4 aliphatic carbocycles. The molecular formula is C33H41F3N4O7. The second-order valence-corrected chi connectivity index (χ2v) is 14.0. The van der Waals surface area contributed by atoms with Crippen molar-refractivity contribution in [1.82, 2.24) is 14.7 Å². The quantitative estimate of drug-likeness (QED) is 0.248. The van der Waals surface area contributed by atoms with Crippen LogP contribution in [0.1, 0.15) is 59.2 Å². The number of amides is 1. The Bertz CT molecular complexity index is 1580. The van der Waals surface area contributed by atoms with Gasteiger partial charge in [0.15, 0.2) is 11.4 Å². The van der Waals surface area contributed by atoms with Gasteiger partial charge >= 0.3 is 6.18 Å². The minimum atomic E-state index is -4.89. The maximum absolute atomic E-state index is 15.0. The van der Waals surface area contributed by atoms with E-state index in [2.05, 4.69) is 4.90 Å². The number of ketones is 2. The van der Waals surface area contributed by atoms with Crippen LogP contribution in [-0.2, 0) is 28.7 Å². The van der Waals surface area contributed by atoms with Crippen molar-refractivity contribution in [3.8, 4) is 5.75 Å². The first kappa shape index (κ1) is 33.4. The van der Waals surface area contributed by atoms with Crippen molar-refractivity contribution < 1.29 is 48.0 Å². The van der Waals surface area contributed by atoms with Crippen LogP contribution >= 0.6 is 0 Å². The van der Waals surface area contributed by atoms with E-state index in [1.54, 1.807) is 0 Å². The van der Waals surface area contributed by atoms with E-state index in [4.69, 9.17) is 5.73 Å². The Kier molecular flexibility index (Phi) is 8.47. The number of likely N-dealkylation sites (tertiary alicyclic amines) is 1. The maximum atomic E-state index is 15.0. The molecule has 6 N–H and O–H groups in total. The van der Waals surface area contributed by atoms with Gasteiger partial charge in [0, 0.05) is 37.7 Å². The zero-order valence-corrected chi connectivity index (χ0v) is 26.4. The van der Waals surface area contributed by atoms with Crippen LogP contribution in [0.4, 0.5) is 13.2 Å². The number of hydrogen-bond donors (Lipinski definition) is 5. The molecular weight excluding hydrogens is 621 g/mol. The SMILES string of the molecule is CN(C)[C@@H]1C(O)=C(C(N)=O)C(=O)[C@@]2(O)C(O)=C3C(=O)c4c(O)cc(CN(CCN5CCCC5)CC5CC5)c(C(F)(F)F)c4C[C@H]3C[C@@H]12. The molecule has 47 heavy (non-hydrogen) atoms. The predicted molar refractivity (Wildman–Crippen MR) is 162 cm³/mol. The number of allylic oxidation sites excluding steroid dienone is 1. The second-order valence-electron chi connectivity index (χ2n) is 14.0. The summed E-state index contributed by atoms with van der Waals surface area (Å²) in [7, 11) is 2.97. The number of aliphatic hydroxyl groups excluding tert-OH is 2. The molecule has 5 aliphatic rings. The lowest BCUT2D eigenvalue weighted by atomic mass is 9.58. The monoisotopic (exact) mass is 662 g/mol. The molecule has 1 saturated heterocycles. The number of aliphatic hydroxyl groups is 3. The van der Waals surface area contributed by atoms with Gasteiger partial charge in [0.05, 0.1) is 17.2 Å². The second kappa shape index (κ2) is 11.9. The number of phenols is 1. The van der Waals surface area contributed by atoms with E-state index in [1.807, 2.05) is 4.90 Å². The van der Waals surface area contributed by atoms with Crippen LogP contribution < -0.4 is 5.73 Å². The van der Waals surface area contributed by atoms with Crippen molar-refractivity contribution in [2.75, 3.05) is 46.8 Å². The van der Waals surface area contributed by atoms with Gasteiger partial charge in [0.1, 0.15) is 22.8 Å². The van der Waals surface area contributed by atoms with Crippen LogP contribution in [0.15, 0.2) is 28.7 Å². The van der Waals surface area contributed by atoms with Crippen molar-refractivity contribution in [3.05, 3.63) is 51.0 Å². The third-order valence-electron chi connectivity index (χ3n) is 10.6. The van der Waals surface area contributed by atoms with Crippen LogP contribution in [0.5, 0.6) is 5.75 Å². The fourth-order valence-corrected chi connectivity index (χ4v) is 8.30. The summed E-state index contributed by atoms with van der Waals surface area (Å²) in [6, 6.07) is -0.276. The number of aromatic hydroxyl groups is 1. The first-order valence-electron chi connectivity index (χ1n) is 16.1. The molecule has 1 aliphatic heterocycles. The molecule has 0 spiro atoms. The Balaban J connectivity index is 1.43. The minimum absolute atomic E-state index is 0.0824. The summed E-state index contributed by atoms with van der Waals surface area (Å²) >= 11 is 0. The normalized spacial score (nSPS) is 28.3. The van der Waals surface area contributed by atoms with E-state index in [1.165, 1.54) is 19.0 Å². The highest BCUT2D eigenvalue weighted by atomic mass is 19.4. The van der Waals surface area contributed by atoms with Crippen molar-refractivity contribution in [2.24, 2.45) is 23.5 Å². The van der Waals surface area contributed by atoms with Gasteiger partial charge in [0.25, 0.3) is 5.91 Å². The Hall–Kier alpha value is -3.46. The molecule has 0 bridgehead atoms. The lowest BCUT2D eigenvalue weighted by Crippen LogP contribution is -2.63. The number of rotatable bonds is 9. The molecule has 0 aromatic heterocycles. The average Bonchev–Trinajstić information content (AvgIpc) is 3.62. The van der Waals surface area contributed by atoms with E-state index < -0.39 is 98.7 Å². The summed E-state index contributed by atoms with van der Waals surface area (Å²) in [6.45, 7) is 3.71. The highest BCUT2D eigenvalue weighted by Gasteiger charge is 2.63. The summed E-state index contributed by atoms with van der Waals surface area (Å²) in [4.78, 5) is 45.3. The molecule has 11 nitrogen and oxygen atoms in total. The molecule has 6 rings (SSSR count). The molecule has 1 amide bonds. The van der Waals surface area contributed by atoms with Crippen LogP contribution in [0.3, 0.4) is 0 Å². The average molecular weight is 663 g/mol. The summed E-state index contributed by atoms with van der Waals surface area (Å²) in [6.07, 6.45) is -1.43. The number of nitrogens with two attached hydrogens (primary N) is 1. The van der Waals surface area contributed by atoms with E-state index in [9.17, 15) is 34.8 Å². The van der Waals surface area contributed by atoms with Crippen LogP contribution in [0.25, 0.3) is 0 Å². The number of alkyl halides is 3. The molecule has 256 valence electrons. The Morgan fingerprint density at radius 2 is 1.79 bits per heavy atom. The number of halogens is 3. The Morgan fingerprint density at radius 3 is 2.36 bits per heavy atom. The van der Waals surface area contributed by atoms with E-state index in [-0.39, 0.29) is 18.5 Å². The van der Waals surface area contributed by atoms with Crippen molar-refractivity contribution in [1.29, 1.82) is 0 Å². The fraction of sp³-hybridized carbons (Fsp3) is 0.606. The molecule has 2 fully saturated rings. The number of nitrogens with zero attached hydrogens (tertiary/aromatic N) is 3. The topological polar surface area (TPSA) is 168 Å². The lowest BCUT2D eigenvalue weighted by molar-refractivity contribution is -0.148. The summed E-state index contributed by atoms with van der Waals surface area (Å²) in [5.74, 6) is -8.51. The first-order valence-corrected chi connectivity index (χ1v) is 16.1. The minimum Gasteiger partial charge on any atom is -0.510 e. The van der Waals surface area contributed by atoms with Crippen molar-refractivity contribution in [2.45, 2.75) is 62.9 Å². The van der Waals surface area contributed by atoms with Gasteiger partial charge < -0.3 is 31.1 Å². The van der Waals surface area contributed by atoms with Gasteiger partial charge in [-0.1, -0.05) is 0 Å². The molecule has 1 aromatic carbocycles. The molecule has 1 saturated carbocycles. The van der Waals surface area contributed by atoms with Gasteiger partial charge in [-0.05, 0) is 94.7 Å². The van der Waals surface area contributed by atoms with Gasteiger partial charge in [-0.3, -0.25) is 24.2 Å². The molecule has 0 unspecified atom stereocenters. The smallest absolute Gasteiger partial charge is 0.417 e. The summed E-state index contributed by atoms with van der Waals surface area (Å²) < 4.78 is 45.0. The molecule has 0 radical (unpaired) electrons. The zero-order valence-electron chi connectivity index (χ0n) is 26.4. The first-order chi connectivity index (χ1) is 22.0. The molecule has 1 aromatic rings. The van der Waals surface area contributed by atoms with E-state index >= 15 is 13.2 Å². The highest BCUT2D eigenvalue weighted by molar-refractivity contribution is 6.24. The number of fused-ring (bicyclic) bond motifs is 3. The Morgan fingerprint density at radius 1 is 1.13 bits per heavy atom. The maximum Gasteiger partial charge on any atom is 0.417 e. The number of carbonyl (C=O) groups excluding carboxylic acids is 3. The summed E-state index contributed by atoms with van der Waals surface area (Å²) in [5, 5.41) is 45.3. The number of likely N-dealkylation sites (N-methyl/N-ethyl adjacent to an activating group) is 1. The number of primary amides is 1. The van der Waals surface area contributed by atoms with Crippen LogP contribution in [-0.4, -0.2) is 111 Å². The van der Waals surface area contributed by atoms with Gasteiger partial charge in [-0.2, -0.15) is 13.2 Å². The molecule has 14 heteroatoms. The largest absolute Gasteiger partial charge is 0.510 e. The number of hydrogen-bond acceptors (Lipinski definition) is 10. The van der Waals surface area contributed by atoms with Crippen LogP contribution in [0.2, 0.25) is 0 Å². The number of Topliss-reactive ketones (excluding diaryl/α,β-unsaturated/α-hetero) is 2. The van der Waals surface area contributed by atoms with E-state index in [0.29, 0.717) is 25.6 Å². The van der Waals surface area contributed by atoms with Gasteiger partial charge in [0.2, 0.25) is 5.78 Å². The van der Waals surface area contributed by atoms with Crippen LogP contribution in [0, 0.1) is 17.8 Å². The zero-order chi connectivity index (χ0) is 34.2. The van der Waals surface area contributed by atoms with Gasteiger partial charge in [-0.25, -0.2) is 0 Å². The number of phenolic OH excluding ortho intramolecular Hbond substituents is 1. The Labute approximate surface area is 270 Å². The third-order valence-corrected chi connectivity index (χ3v) is 10.6. The molecule has 4 atom stereocenters. The van der Waals surface area contributed by atoms with Gasteiger partial charge in [-0.15, -0.1) is 0 Å². The number of carbonyl (C=O) groups is 3. The predicted octanol–water partition coefficient (Wildman–Crippen LogP) is 2.45. The molecule has 1 heterocycles. The lowest BCUT2D eigenvalue weighted by Gasteiger charge is -2.50. The number of benzene rings is 1. The highest BCUT2D eigenvalue weighted by Crippen LogP contribution is 2.54. The standard InChI is InChI=1S/C33H41F3N4O7/c1-38(2)26-20-12-17-11-19-23(27(42)22(17)29(44)32(20,47)30(45)24(28(26)43)31(37)46)21(41)13-18(25(19)33(34,35)36)15-40(14-16-5-6-16)10-9-39-7-3-4-8-39/h13,16-17,20,26,41,43-44,47H,3-12,14-15H2,1-2H3,(H2,37,46)/t17-,20-,26-,32-/m0/s1. The fourth-order valence-electron chi connectivity index (χ4n) is 8.30.